The zero-order valence-corrected chi connectivity index (χ0v) is 18.3. The standard InChI is InChI=1S/C25H31F2N3/c1-6-8-10-17(9-7-2)23-14-24(29-28-23)21-16-30(25(3,4)5)15-20(21)19-12-11-18(26)13-22(19)27/h7-14,20-21H,2,6,15-16H2,1,3-5H3,(H,28,29)/b10-8-,17-9+/t20-,21+/m0/s1. The maximum Gasteiger partial charge on any atom is 0.129 e. The molecule has 1 N–H and O–H groups in total. The molecule has 2 atom stereocenters. The lowest BCUT2D eigenvalue weighted by atomic mass is 9.86. The lowest BCUT2D eigenvalue weighted by Gasteiger charge is -2.31. The number of H-pyrrole nitrogens is 1. The summed E-state index contributed by atoms with van der Waals surface area (Å²) >= 11 is 0. The van der Waals surface area contributed by atoms with E-state index >= 15 is 0 Å². The average molecular weight is 412 g/mol. The van der Waals surface area contributed by atoms with Crippen molar-refractivity contribution in [2.45, 2.75) is 51.5 Å². The number of aromatic amines is 1. The largest absolute Gasteiger partial charge is 0.297 e. The van der Waals surface area contributed by atoms with Gasteiger partial charge in [0.2, 0.25) is 0 Å². The summed E-state index contributed by atoms with van der Waals surface area (Å²) in [6.45, 7) is 13.8. The highest BCUT2D eigenvalue weighted by molar-refractivity contribution is 5.73. The number of benzene rings is 1. The number of hydrogen-bond acceptors (Lipinski definition) is 2. The van der Waals surface area contributed by atoms with Crippen molar-refractivity contribution in [3.63, 3.8) is 0 Å². The van der Waals surface area contributed by atoms with Crippen molar-refractivity contribution < 1.29 is 8.78 Å². The van der Waals surface area contributed by atoms with Crippen LogP contribution >= 0.6 is 0 Å². The normalized spacial score (nSPS) is 20.9. The van der Waals surface area contributed by atoms with E-state index in [1.54, 1.807) is 12.1 Å². The topological polar surface area (TPSA) is 31.9 Å². The molecule has 5 heteroatoms. The summed E-state index contributed by atoms with van der Waals surface area (Å²) in [5, 5.41) is 7.73. The smallest absolute Gasteiger partial charge is 0.129 e. The first-order chi connectivity index (χ1) is 14.2. The van der Waals surface area contributed by atoms with Crippen LogP contribution in [0.3, 0.4) is 0 Å². The number of likely N-dealkylation sites (tertiary alicyclic amines) is 1. The lowest BCUT2D eigenvalue weighted by Crippen LogP contribution is -2.39. The van der Waals surface area contributed by atoms with Crippen LogP contribution in [0, 0.1) is 11.6 Å². The van der Waals surface area contributed by atoms with Gasteiger partial charge in [-0.15, -0.1) is 0 Å². The van der Waals surface area contributed by atoms with Crippen molar-refractivity contribution in [1.82, 2.24) is 15.1 Å². The van der Waals surface area contributed by atoms with E-state index in [0.29, 0.717) is 12.1 Å². The number of allylic oxidation sites excluding steroid dienone is 5. The quantitative estimate of drug-likeness (QED) is 0.574. The Bertz CT molecular complexity index is 950. The van der Waals surface area contributed by atoms with Crippen molar-refractivity contribution in [2.75, 3.05) is 13.1 Å². The van der Waals surface area contributed by atoms with Crippen molar-refractivity contribution >= 4 is 5.57 Å². The van der Waals surface area contributed by atoms with Crippen molar-refractivity contribution in [3.8, 4) is 0 Å². The highest BCUT2D eigenvalue weighted by Gasteiger charge is 2.41. The summed E-state index contributed by atoms with van der Waals surface area (Å²) < 4.78 is 28.2. The van der Waals surface area contributed by atoms with Crippen LogP contribution in [0.4, 0.5) is 8.78 Å². The van der Waals surface area contributed by atoms with Gasteiger partial charge < -0.3 is 0 Å². The Morgan fingerprint density at radius 2 is 1.97 bits per heavy atom. The molecule has 1 aromatic carbocycles. The van der Waals surface area contributed by atoms with Gasteiger partial charge in [-0.05, 0) is 50.5 Å². The van der Waals surface area contributed by atoms with Gasteiger partial charge in [-0.1, -0.05) is 43.9 Å². The molecule has 0 spiro atoms. The molecule has 3 nitrogen and oxygen atoms in total. The van der Waals surface area contributed by atoms with Gasteiger partial charge in [-0.2, -0.15) is 5.10 Å². The fourth-order valence-electron chi connectivity index (χ4n) is 4.05. The van der Waals surface area contributed by atoms with E-state index in [1.165, 1.54) is 6.07 Å². The van der Waals surface area contributed by atoms with E-state index in [2.05, 4.69) is 55.4 Å². The van der Waals surface area contributed by atoms with Crippen LogP contribution in [0.1, 0.15) is 62.9 Å². The Balaban J connectivity index is 1.99. The fourth-order valence-corrected chi connectivity index (χ4v) is 4.05. The van der Waals surface area contributed by atoms with Gasteiger partial charge >= 0.3 is 0 Å². The van der Waals surface area contributed by atoms with Gasteiger partial charge in [0.25, 0.3) is 0 Å². The molecule has 2 heterocycles. The molecule has 30 heavy (non-hydrogen) atoms. The van der Waals surface area contributed by atoms with E-state index in [0.717, 1.165) is 36.0 Å². The Kier molecular flexibility index (Phi) is 6.71. The first-order valence-corrected chi connectivity index (χ1v) is 10.5. The predicted molar refractivity (Wildman–Crippen MR) is 119 cm³/mol. The SMILES string of the molecule is C=C/C=C(\C=C/CC)c1cc([C@@H]2CN(C(C)(C)C)C[C@H]2c2ccc(F)cc2F)n[nH]1. The number of nitrogens with one attached hydrogen (secondary N) is 1. The first-order valence-electron chi connectivity index (χ1n) is 10.5. The first kappa shape index (κ1) is 22.2. The number of halogens is 2. The van der Waals surface area contributed by atoms with Crippen LogP contribution in [0.5, 0.6) is 0 Å². The highest BCUT2D eigenvalue weighted by atomic mass is 19.1. The van der Waals surface area contributed by atoms with Gasteiger partial charge in [0.15, 0.2) is 0 Å². The van der Waals surface area contributed by atoms with Gasteiger partial charge in [0.1, 0.15) is 11.6 Å². The van der Waals surface area contributed by atoms with Gasteiger partial charge in [0, 0.05) is 36.5 Å². The molecule has 1 saturated heterocycles. The minimum absolute atomic E-state index is 0.00863. The Labute approximate surface area is 178 Å². The van der Waals surface area contributed by atoms with Gasteiger partial charge in [-0.3, -0.25) is 10.00 Å². The van der Waals surface area contributed by atoms with Crippen LogP contribution < -0.4 is 0 Å². The van der Waals surface area contributed by atoms with Crippen molar-refractivity contribution in [1.29, 1.82) is 0 Å². The maximum atomic E-state index is 14.7. The van der Waals surface area contributed by atoms with Crippen LogP contribution in [0.2, 0.25) is 0 Å². The molecular formula is C25H31F2N3. The third-order valence-corrected chi connectivity index (χ3v) is 5.75. The maximum absolute atomic E-state index is 14.7. The minimum Gasteiger partial charge on any atom is -0.297 e. The summed E-state index contributed by atoms with van der Waals surface area (Å²) in [4.78, 5) is 2.34. The summed E-state index contributed by atoms with van der Waals surface area (Å²) in [6, 6.07) is 5.93. The summed E-state index contributed by atoms with van der Waals surface area (Å²) in [6.07, 6.45) is 8.76. The molecule has 0 radical (unpaired) electrons. The minimum atomic E-state index is -0.553. The fraction of sp³-hybridized carbons (Fsp3) is 0.400. The number of hydrogen-bond donors (Lipinski definition) is 1. The Hall–Kier alpha value is -2.53. The molecule has 1 fully saturated rings. The monoisotopic (exact) mass is 411 g/mol. The molecule has 1 aromatic heterocycles. The van der Waals surface area contributed by atoms with Crippen LogP contribution in [-0.2, 0) is 0 Å². The molecule has 0 saturated carbocycles. The molecule has 3 rings (SSSR count). The molecule has 0 bridgehead atoms. The van der Waals surface area contributed by atoms with E-state index < -0.39 is 11.6 Å². The second-order valence-electron chi connectivity index (χ2n) is 8.83. The van der Waals surface area contributed by atoms with E-state index in [-0.39, 0.29) is 17.4 Å². The molecule has 0 unspecified atom stereocenters. The predicted octanol–water partition coefficient (Wildman–Crippen LogP) is 6.21. The van der Waals surface area contributed by atoms with Crippen LogP contribution in [0.15, 0.2) is 55.1 Å². The molecule has 1 aliphatic heterocycles. The average Bonchev–Trinajstić information content (AvgIpc) is 3.32. The summed E-state index contributed by atoms with van der Waals surface area (Å²) in [5.74, 6) is -1.13. The molecule has 1 aliphatic rings. The van der Waals surface area contributed by atoms with Gasteiger partial charge in [0.05, 0.1) is 11.4 Å². The third kappa shape index (κ3) is 4.78. The second-order valence-corrected chi connectivity index (χ2v) is 8.83. The van der Waals surface area contributed by atoms with Crippen LogP contribution in [-0.4, -0.2) is 33.7 Å². The zero-order valence-electron chi connectivity index (χ0n) is 18.3. The number of nitrogens with zero attached hydrogens (tertiary/aromatic N) is 2. The molecule has 160 valence electrons. The third-order valence-electron chi connectivity index (χ3n) is 5.75. The van der Waals surface area contributed by atoms with E-state index in [9.17, 15) is 8.78 Å². The van der Waals surface area contributed by atoms with E-state index in [1.807, 2.05) is 18.2 Å². The molecular weight excluding hydrogens is 380 g/mol. The zero-order chi connectivity index (χ0) is 21.9. The highest BCUT2D eigenvalue weighted by Crippen LogP contribution is 2.42. The molecule has 2 aromatic rings. The second kappa shape index (κ2) is 9.09. The lowest BCUT2D eigenvalue weighted by molar-refractivity contribution is 0.170. The number of rotatable bonds is 6. The van der Waals surface area contributed by atoms with E-state index in [4.69, 9.17) is 0 Å². The molecule has 0 aliphatic carbocycles. The summed E-state index contributed by atoms with van der Waals surface area (Å²) in [7, 11) is 0. The molecule has 0 amide bonds. The summed E-state index contributed by atoms with van der Waals surface area (Å²) in [5.41, 5.74) is 3.29. The van der Waals surface area contributed by atoms with Crippen molar-refractivity contribution in [2.24, 2.45) is 0 Å². The van der Waals surface area contributed by atoms with Crippen LogP contribution in [0.25, 0.3) is 5.57 Å². The Morgan fingerprint density at radius 1 is 1.23 bits per heavy atom. The Morgan fingerprint density at radius 3 is 2.60 bits per heavy atom. The van der Waals surface area contributed by atoms with Gasteiger partial charge in [-0.25, -0.2) is 8.78 Å². The van der Waals surface area contributed by atoms with Crippen molar-refractivity contribution in [3.05, 3.63) is 83.7 Å². The number of aromatic nitrogens is 2.